The minimum absolute atomic E-state index is 0.298. The topological polar surface area (TPSA) is 81.0 Å². The van der Waals surface area contributed by atoms with E-state index in [2.05, 4.69) is 15.1 Å². The molecule has 1 atom stereocenters. The van der Waals surface area contributed by atoms with Crippen molar-refractivity contribution in [1.82, 2.24) is 24.1 Å². The average molecular weight is 349 g/mol. The van der Waals surface area contributed by atoms with Crippen LogP contribution in [-0.2, 0) is 23.0 Å². The molecule has 2 aromatic heterocycles. The van der Waals surface area contributed by atoms with Crippen molar-refractivity contribution in [2.24, 2.45) is 5.92 Å². The Labute approximate surface area is 142 Å². The van der Waals surface area contributed by atoms with Crippen LogP contribution in [0.2, 0.25) is 0 Å². The molecule has 0 saturated carbocycles. The van der Waals surface area contributed by atoms with Crippen molar-refractivity contribution in [3.63, 3.8) is 0 Å². The molecule has 0 radical (unpaired) electrons. The van der Waals surface area contributed by atoms with Crippen LogP contribution in [0, 0.1) is 5.92 Å². The number of aromatic nitrogens is 4. The Hall–Kier alpha value is -1.80. The summed E-state index contributed by atoms with van der Waals surface area (Å²) in [5.74, 6) is 0.298. The molecule has 7 nitrogen and oxygen atoms in total. The molecular formula is C16H23N5O2S. The van der Waals surface area contributed by atoms with Crippen LogP contribution < -0.4 is 0 Å². The number of rotatable bonds is 5. The lowest BCUT2D eigenvalue weighted by molar-refractivity contribution is 0.265. The highest BCUT2D eigenvalue weighted by Gasteiger charge is 2.26. The van der Waals surface area contributed by atoms with Crippen LogP contribution >= 0.6 is 0 Å². The molecule has 0 aromatic carbocycles. The first kappa shape index (κ1) is 17.0. The van der Waals surface area contributed by atoms with E-state index in [1.165, 1.54) is 6.26 Å². The molecule has 3 rings (SSSR count). The Morgan fingerprint density at radius 2 is 2.17 bits per heavy atom. The number of hydrogen-bond donors (Lipinski definition) is 0. The Morgan fingerprint density at radius 3 is 2.92 bits per heavy atom. The van der Waals surface area contributed by atoms with Gasteiger partial charge in [-0.05, 0) is 44.2 Å². The molecule has 24 heavy (non-hydrogen) atoms. The van der Waals surface area contributed by atoms with Gasteiger partial charge in [0.05, 0.1) is 17.6 Å². The third-order valence-electron chi connectivity index (χ3n) is 4.45. The molecule has 8 heteroatoms. The van der Waals surface area contributed by atoms with Crippen molar-refractivity contribution in [2.75, 3.05) is 19.3 Å². The molecule has 0 spiro atoms. The molecule has 3 heterocycles. The molecule has 0 N–H and O–H groups in total. The Morgan fingerprint density at radius 1 is 1.33 bits per heavy atom. The zero-order valence-electron chi connectivity index (χ0n) is 14.1. The van der Waals surface area contributed by atoms with Crippen LogP contribution in [0.15, 0.2) is 24.7 Å². The zero-order valence-corrected chi connectivity index (χ0v) is 14.9. The van der Waals surface area contributed by atoms with Crippen LogP contribution in [-0.4, -0.2) is 51.8 Å². The summed E-state index contributed by atoms with van der Waals surface area (Å²) in [4.78, 5) is 8.74. The average Bonchev–Trinajstić information content (AvgIpc) is 3.03. The smallest absolute Gasteiger partial charge is 0.211 e. The monoisotopic (exact) mass is 349 g/mol. The quantitative estimate of drug-likeness (QED) is 0.818. The minimum Gasteiger partial charge on any atom is -0.264 e. The molecular weight excluding hydrogens is 326 g/mol. The number of piperidine rings is 1. The first-order chi connectivity index (χ1) is 11.5. The molecule has 1 fully saturated rings. The highest BCUT2D eigenvalue weighted by molar-refractivity contribution is 7.88. The second kappa shape index (κ2) is 6.98. The first-order valence-corrected chi connectivity index (χ1v) is 10.1. The SMILES string of the molecule is CCn1nccc1-c1cc(CC2CCCN(S(C)(=O)=O)C2)ncn1. The van der Waals surface area contributed by atoms with Gasteiger partial charge in [0.1, 0.15) is 6.33 Å². The van der Waals surface area contributed by atoms with E-state index in [1.54, 1.807) is 16.8 Å². The molecule has 1 unspecified atom stereocenters. The van der Waals surface area contributed by atoms with Gasteiger partial charge in [-0.1, -0.05) is 0 Å². The summed E-state index contributed by atoms with van der Waals surface area (Å²) < 4.78 is 27.0. The van der Waals surface area contributed by atoms with Crippen LogP contribution in [0.1, 0.15) is 25.5 Å². The van der Waals surface area contributed by atoms with Crippen molar-refractivity contribution in [2.45, 2.75) is 32.7 Å². The van der Waals surface area contributed by atoms with Gasteiger partial charge in [-0.15, -0.1) is 0 Å². The summed E-state index contributed by atoms with van der Waals surface area (Å²) in [6, 6.07) is 3.93. The van der Waals surface area contributed by atoms with Gasteiger partial charge in [-0.2, -0.15) is 5.10 Å². The second-order valence-electron chi connectivity index (χ2n) is 6.26. The van der Waals surface area contributed by atoms with E-state index in [9.17, 15) is 8.42 Å². The third-order valence-corrected chi connectivity index (χ3v) is 5.72. The number of aryl methyl sites for hydroxylation is 1. The maximum absolute atomic E-state index is 11.8. The first-order valence-electron chi connectivity index (χ1n) is 8.25. The van der Waals surface area contributed by atoms with Crippen molar-refractivity contribution in [1.29, 1.82) is 0 Å². The third kappa shape index (κ3) is 3.81. The summed E-state index contributed by atoms with van der Waals surface area (Å²) in [5, 5.41) is 4.28. The summed E-state index contributed by atoms with van der Waals surface area (Å²) in [6.07, 6.45) is 7.32. The Kier molecular flexibility index (Phi) is 4.96. The molecule has 0 aliphatic carbocycles. The van der Waals surface area contributed by atoms with E-state index < -0.39 is 10.0 Å². The fourth-order valence-electron chi connectivity index (χ4n) is 3.24. The molecule has 1 aliphatic rings. The molecule has 0 amide bonds. The largest absolute Gasteiger partial charge is 0.264 e. The maximum atomic E-state index is 11.8. The Bertz CT molecular complexity index is 802. The van der Waals surface area contributed by atoms with Gasteiger partial charge < -0.3 is 0 Å². The van der Waals surface area contributed by atoms with Crippen molar-refractivity contribution >= 4 is 10.0 Å². The van der Waals surface area contributed by atoms with E-state index in [0.717, 1.165) is 42.9 Å². The predicted molar refractivity (Wildman–Crippen MR) is 91.8 cm³/mol. The normalized spacial score (nSPS) is 19.5. The molecule has 0 bridgehead atoms. The van der Waals surface area contributed by atoms with Gasteiger partial charge in [0.25, 0.3) is 0 Å². The molecule has 1 aliphatic heterocycles. The maximum Gasteiger partial charge on any atom is 0.211 e. The van der Waals surface area contributed by atoms with E-state index >= 15 is 0 Å². The Balaban J connectivity index is 1.75. The van der Waals surface area contributed by atoms with Gasteiger partial charge in [-0.25, -0.2) is 22.7 Å². The lowest BCUT2D eigenvalue weighted by Gasteiger charge is -2.30. The summed E-state index contributed by atoms with van der Waals surface area (Å²) >= 11 is 0. The number of nitrogens with zero attached hydrogens (tertiary/aromatic N) is 5. The van der Waals surface area contributed by atoms with Crippen molar-refractivity contribution < 1.29 is 8.42 Å². The van der Waals surface area contributed by atoms with Crippen molar-refractivity contribution in [3.05, 3.63) is 30.4 Å². The van der Waals surface area contributed by atoms with Crippen LogP contribution in [0.25, 0.3) is 11.4 Å². The number of hydrogen-bond acceptors (Lipinski definition) is 5. The van der Waals surface area contributed by atoms with E-state index in [0.29, 0.717) is 19.0 Å². The zero-order chi connectivity index (χ0) is 17.2. The summed E-state index contributed by atoms with van der Waals surface area (Å²) in [7, 11) is -3.11. The predicted octanol–water partition coefficient (Wildman–Crippen LogP) is 1.57. The summed E-state index contributed by atoms with van der Waals surface area (Å²) in [5.41, 5.74) is 2.78. The van der Waals surface area contributed by atoms with E-state index in [4.69, 9.17) is 0 Å². The minimum atomic E-state index is -3.11. The highest BCUT2D eigenvalue weighted by atomic mass is 32.2. The fourth-order valence-corrected chi connectivity index (χ4v) is 4.18. The lowest BCUT2D eigenvalue weighted by Crippen LogP contribution is -2.39. The van der Waals surface area contributed by atoms with E-state index in [1.807, 2.05) is 23.7 Å². The lowest BCUT2D eigenvalue weighted by atomic mass is 9.94. The standard InChI is InChI=1S/C16H23N5O2S/c1-3-21-16(6-7-19-21)15-10-14(17-12-18-15)9-13-5-4-8-20(11-13)24(2,22)23/h6-7,10,12-13H,3-5,8-9,11H2,1-2H3. The van der Waals surface area contributed by atoms with Gasteiger partial charge in [0.2, 0.25) is 10.0 Å². The van der Waals surface area contributed by atoms with Gasteiger partial charge in [0, 0.05) is 31.5 Å². The van der Waals surface area contributed by atoms with Crippen LogP contribution in [0.4, 0.5) is 0 Å². The van der Waals surface area contributed by atoms with Crippen LogP contribution in [0.5, 0.6) is 0 Å². The van der Waals surface area contributed by atoms with Gasteiger partial charge in [-0.3, -0.25) is 4.68 Å². The van der Waals surface area contributed by atoms with E-state index in [-0.39, 0.29) is 0 Å². The fraction of sp³-hybridized carbons (Fsp3) is 0.562. The van der Waals surface area contributed by atoms with Crippen molar-refractivity contribution in [3.8, 4) is 11.4 Å². The molecule has 130 valence electrons. The molecule has 2 aromatic rings. The second-order valence-corrected chi connectivity index (χ2v) is 8.24. The van der Waals surface area contributed by atoms with Crippen LogP contribution in [0.3, 0.4) is 0 Å². The van der Waals surface area contributed by atoms with Gasteiger partial charge >= 0.3 is 0 Å². The molecule has 1 saturated heterocycles. The summed E-state index contributed by atoms with van der Waals surface area (Å²) in [6.45, 7) is 4.03. The van der Waals surface area contributed by atoms with Gasteiger partial charge in [0.15, 0.2) is 0 Å². The highest BCUT2D eigenvalue weighted by Crippen LogP contribution is 2.23. The number of sulfonamides is 1.